The normalized spacial score (nSPS) is 16.5. The molecular formula is C15H19N3O. The van der Waals surface area contributed by atoms with Crippen LogP contribution >= 0.6 is 0 Å². The summed E-state index contributed by atoms with van der Waals surface area (Å²) in [5.41, 5.74) is 8.40. The van der Waals surface area contributed by atoms with E-state index in [1.54, 1.807) is 6.20 Å². The van der Waals surface area contributed by atoms with Crippen molar-refractivity contribution in [1.82, 2.24) is 10.3 Å². The van der Waals surface area contributed by atoms with E-state index in [1.807, 2.05) is 18.2 Å². The topological polar surface area (TPSA) is 70.9 Å². The van der Waals surface area contributed by atoms with Crippen molar-refractivity contribution in [2.75, 3.05) is 12.3 Å². The molecule has 1 heterocycles. The molecule has 1 amide bonds. The van der Waals surface area contributed by atoms with Crippen LogP contribution in [0.1, 0.15) is 36.5 Å². The first-order chi connectivity index (χ1) is 9.13. The highest BCUT2D eigenvalue weighted by molar-refractivity contribution is 6.07. The molecule has 4 N–H and O–H groups in total. The first kappa shape index (κ1) is 12.1. The quantitative estimate of drug-likeness (QED) is 0.737. The number of rotatable bonds is 4. The number of hydrogen-bond acceptors (Lipinski definition) is 2. The minimum atomic E-state index is -0.00394. The van der Waals surface area contributed by atoms with E-state index in [1.165, 1.54) is 12.8 Å². The first-order valence-corrected chi connectivity index (χ1v) is 6.78. The number of H-pyrrole nitrogens is 1. The molecule has 4 heteroatoms. The fraction of sp³-hybridized carbons (Fsp3) is 0.400. The molecule has 0 aliphatic heterocycles. The zero-order chi connectivity index (χ0) is 13.5. The van der Waals surface area contributed by atoms with Crippen LogP contribution in [0.4, 0.5) is 5.69 Å². The van der Waals surface area contributed by atoms with Crippen LogP contribution in [0.25, 0.3) is 10.9 Å². The molecule has 1 aromatic carbocycles. The molecule has 0 radical (unpaired) electrons. The number of carbonyl (C=O) groups excluding carboxylic acids is 1. The molecular weight excluding hydrogens is 238 g/mol. The van der Waals surface area contributed by atoms with Crippen molar-refractivity contribution >= 4 is 22.5 Å². The lowest BCUT2D eigenvalue weighted by Crippen LogP contribution is -2.29. The summed E-state index contributed by atoms with van der Waals surface area (Å²) in [7, 11) is 0. The Morgan fingerprint density at radius 2 is 2.26 bits per heavy atom. The van der Waals surface area contributed by atoms with Gasteiger partial charge in [-0.2, -0.15) is 0 Å². The van der Waals surface area contributed by atoms with Gasteiger partial charge >= 0.3 is 0 Å². The van der Waals surface area contributed by atoms with Gasteiger partial charge in [0.25, 0.3) is 5.91 Å². The highest BCUT2D eigenvalue weighted by Gasteiger charge is 2.40. The number of hydrogen-bond donors (Lipinski definition) is 3. The van der Waals surface area contributed by atoms with Crippen molar-refractivity contribution in [2.45, 2.75) is 26.2 Å². The van der Waals surface area contributed by atoms with Gasteiger partial charge in [-0.1, -0.05) is 6.92 Å². The van der Waals surface area contributed by atoms with Crippen molar-refractivity contribution in [1.29, 1.82) is 0 Å². The fourth-order valence-electron chi connectivity index (χ4n) is 2.53. The SMILES string of the molecule is CCC1(CNC(=O)c2c[nH]c3cc(N)ccc23)CC1. The van der Waals surface area contributed by atoms with E-state index in [0.29, 0.717) is 16.7 Å². The minimum Gasteiger partial charge on any atom is -0.399 e. The van der Waals surface area contributed by atoms with E-state index in [4.69, 9.17) is 5.73 Å². The van der Waals surface area contributed by atoms with Crippen LogP contribution in [-0.2, 0) is 0 Å². The van der Waals surface area contributed by atoms with Crippen molar-refractivity contribution in [3.8, 4) is 0 Å². The molecule has 0 saturated heterocycles. The number of carbonyl (C=O) groups is 1. The predicted molar refractivity (Wildman–Crippen MR) is 77.0 cm³/mol. The zero-order valence-corrected chi connectivity index (χ0v) is 11.1. The van der Waals surface area contributed by atoms with Crippen LogP contribution in [-0.4, -0.2) is 17.4 Å². The van der Waals surface area contributed by atoms with Crippen LogP contribution in [0.3, 0.4) is 0 Å². The van der Waals surface area contributed by atoms with Crippen LogP contribution in [0.5, 0.6) is 0 Å². The Labute approximate surface area is 112 Å². The zero-order valence-electron chi connectivity index (χ0n) is 11.1. The second-order valence-electron chi connectivity index (χ2n) is 5.54. The average Bonchev–Trinajstić information content (AvgIpc) is 3.08. The third-order valence-corrected chi connectivity index (χ3v) is 4.28. The smallest absolute Gasteiger partial charge is 0.253 e. The Morgan fingerprint density at radius 3 is 2.95 bits per heavy atom. The van der Waals surface area contributed by atoms with Gasteiger partial charge in [-0.15, -0.1) is 0 Å². The number of benzene rings is 1. The predicted octanol–water partition coefficient (Wildman–Crippen LogP) is 2.67. The summed E-state index contributed by atoms with van der Waals surface area (Å²) in [4.78, 5) is 15.3. The summed E-state index contributed by atoms with van der Waals surface area (Å²) in [6, 6.07) is 5.56. The third-order valence-electron chi connectivity index (χ3n) is 4.28. The number of aromatic nitrogens is 1. The van der Waals surface area contributed by atoms with E-state index in [2.05, 4.69) is 17.2 Å². The molecule has 1 aliphatic rings. The van der Waals surface area contributed by atoms with Gasteiger partial charge in [0.1, 0.15) is 0 Å². The fourth-order valence-corrected chi connectivity index (χ4v) is 2.53. The van der Waals surface area contributed by atoms with Crippen LogP contribution in [0.2, 0.25) is 0 Å². The van der Waals surface area contributed by atoms with Gasteiger partial charge in [0, 0.05) is 29.3 Å². The molecule has 100 valence electrons. The number of aromatic amines is 1. The number of nitrogens with two attached hydrogens (primary N) is 1. The molecule has 19 heavy (non-hydrogen) atoms. The maximum Gasteiger partial charge on any atom is 0.253 e. The standard InChI is InChI=1S/C15H19N3O/c1-2-15(5-6-15)9-18-14(19)12-8-17-13-7-10(16)3-4-11(12)13/h3-4,7-8,17H,2,5-6,9,16H2,1H3,(H,18,19). The summed E-state index contributed by atoms with van der Waals surface area (Å²) in [6.07, 6.45) is 5.35. The maximum absolute atomic E-state index is 12.2. The Balaban J connectivity index is 1.78. The molecule has 4 nitrogen and oxygen atoms in total. The number of anilines is 1. The second-order valence-corrected chi connectivity index (χ2v) is 5.54. The van der Waals surface area contributed by atoms with Crippen molar-refractivity contribution in [3.05, 3.63) is 30.0 Å². The lowest BCUT2D eigenvalue weighted by Gasteiger charge is -2.13. The Hall–Kier alpha value is -1.97. The highest BCUT2D eigenvalue weighted by atomic mass is 16.1. The molecule has 1 fully saturated rings. The van der Waals surface area contributed by atoms with E-state index in [0.717, 1.165) is 23.9 Å². The molecule has 2 aromatic rings. The van der Waals surface area contributed by atoms with E-state index in [-0.39, 0.29) is 5.91 Å². The van der Waals surface area contributed by atoms with Gasteiger partial charge in [-0.25, -0.2) is 0 Å². The monoisotopic (exact) mass is 257 g/mol. The Bertz CT molecular complexity index is 625. The van der Waals surface area contributed by atoms with Crippen LogP contribution in [0, 0.1) is 5.41 Å². The average molecular weight is 257 g/mol. The number of nitrogens with one attached hydrogen (secondary N) is 2. The lowest BCUT2D eigenvalue weighted by molar-refractivity contribution is 0.0946. The van der Waals surface area contributed by atoms with Crippen molar-refractivity contribution < 1.29 is 4.79 Å². The number of nitrogen functional groups attached to an aromatic ring is 1. The molecule has 1 aromatic heterocycles. The van der Waals surface area contributed by atoms with E-state index in [9.17, 15) is 4.79 Å². The highest BCUT2D eigenvalue weighted by Crippen LogP contribution is 2.47. The summed E-state index contributed by atoms with van der Waals surface area (Å²) < 4.78 is 0. The summed E-state index contributed by atoms with van der Waals surface area (Å²) in [6.45, 7) is 2.97. The van der Waals surface area contributed by atoms with Gasteiger partial charge in [0.05, 0.1) is 5.56 Å². The molecule has 0 unspecified atom stereocenters. The maximum atomic E-state index is 12.2. The van der Waals surface area contributed by atoms with E-state index < -0.39 is 0 Å². The molecule has 0 bridgehead atoms. The van der Waals surface area contributed by atoms with Gasteiger partial charge in [0.2, 0.25) is 0 Å². The molecule has 0 spiro atoms. The Morgan fingerprint density at radius 1 is 1.47 bits per heavy atom. The summed E-state index contributed by atoms with van der Waals surface area (Å²) in [5.74, 6) is -0.00394. The van der Waals surface area contributed by atoms with Gasteiger partial charge < -0.3 is 16.0 Å². The number of amides is 1. The minimum absolute atomic E-state index is 0.00394. The first-order valence-electron chi connectivity index (χ1n) is 6.78. The van der Waals surface area contributed by atoms with Gasteiger partial charge in [-0.3, -0.25) is 4.79 Å². The van der Waals surface area contributed by atoms with Crippen LogP contribution in [0.15, 0.2) is 24.4 Å². The van der Waals surface area contributed by atoms with E-state index >= 15 is 0 Å². The van der Waals surface area contributed by atoms with Crippen molar-refractivity contribution in [2.24, 2.45) is 5.41 Å². The number of fused-ring (bicyclic) bond motifs is 1. The van der Waals surface area contributed by atoms with Crippen molar-refractivity contribution in [3.63, 3.8) is 0 Å². The third kappa shape index (κ3) is 2.18. The molecule has 0 atom stereocenters. The van der Waals surface area contributed by atoms with Crippen LogP contribution < -0.4 is 11.1 Å². The van der Waals surface area contributed by atoms with Gasteiger partial charge in [-0.05, 0) is 42.9 Å². The summed E-state index contributed by atoms with van der Waals surface area (Å²) in [5, 5.41) is 3.98. The lowest BCUT2D eigenvalue weighted by atomic mass is 10.0. The molecule has 1 aliphatic carbocycles. The molecule has 3 rings (SSSR count). The Kier molecular flexibility index (Phi) is 2.73. The second kappa shape index (κ2) is 4.30. The van der Waals surface area contributed by atoms with Gasteiger partial charge in [0.15, 0.2) is 0 Å². The largest absolute Gasteiger partial charge is 0.399 e. The summed E-state index contributed by atoms with van der Waals surface area (Å²) >= 11 is 0. The molecule has 1 saturated carbocycles.